The molecule has 0 unspecified atom stereocenters. The maximum absolute atomic E-state index is 14.9. The van der Waals surface area contributed by atoms with E-state index in [-0.39, 0.29) is 17.5 Å². The highest BCUT2D eigenvalue weighted by molar-refractivity contribution is 5.60. The van der Waals surface area contributed by atoms with Crippen molar-refractivity contribution < 1.29 is 4.39 Å². The van der Waals surface area contributed by atoms with E-state index in [2.05, 4.69) is 25.3 Å². The van der Waals surface area contributed by atoms with E-state index in [0.717, 1.165) is 31.2 Å². The summed E-state index contributed by atoms with van der Waals surface area (Å²) in [6, 6.07) is 3.36. The van der Waals surface area contributed by atoms with Gasteiger partial charge in [-0.3, -0.25) is 9.48 Å². The molecule has 0 amide bonds. The van der Waals surface area contributed by atoms with Crippen LogP contribution >= 0.6 is 0 Å². The summed E-state index contributed by atoms with van der Waals surface area (Å²) in [4.78, 5) is 21.6. The fourth-order valence-electron chi connectivity index (χ4n) is 4.87. The molecule has 3 heterocycles. The Morgan fingerprint density at radius 3 is 2.77 bits per heavy atom. The van der Waals surface area contributed by atoms with E-state index in [1.165, 1.54) is 6.20 Å². The van der Waals surface area contributed by atoms with Crippen LogP contribution in [0.2, 0.25) is 0 Å². The van der Waals surface area contributed by atoms with Gasteiger partial charge in [0.1, 0.15) is 17.7 Å². The highest BCUT2D eigenvalue weighted by Gasteiger charge is 2.44. The van der Waals surface area contributed by atoms with E-state index in [9.17, 15) is 9.18 Å². The van der Waals surface area contributed by atoms with Crippen LogP contribution in [0.15, 0.2) is 35.5 Å². The van der Waals surface area contributed by atoms with Crippen molar-refractivity contribution >= 4 is 5.82 Å². The van der Waals surface area contributed by atoms with Crippen LogP contribution in [0, 0.1) is 11.8 Å². The maximum atomic E-state index is 14.9. The van der Waals surface area contributed by atoms with E-state index in [0.29, 0.717) is 28.8 Å². The Morgan fingerprint density at radius 1 is 1.20 bits per heavy atom. The summed E-state index contributed by atoms with van der Waals surface area (Å²) >= 11 is 0. The molecule has 0 aromatic carbocycles. The van der Waals surface area contributed by atoms with Gasteiger partial charge >= 0.3 is 0 Å². The summed E-state index contributed by atoms with van der Waals surface area (Å²) in [7, 11) is 3.68. The third-order valence-corrected chi connectivity index (χ3v) is 6.54. The topological polar surface area (TPSA) is 92.6 Å². The zero-order chi connectivity index (χ0) is 20.8. The lowest BCUT2D eigenvalue weighted by atomic mass is 9.83. The molecular weight excluding hydrogens is 385 g/mol. The fraction of sp³-hybridized carbons (Fsp3) is 0.476. The van der Waals surface area contributed by atoms with Gasteiger partial charge in [0.2, 0.25) is 0 Å². The van der Waals surface area contributed by atoms with Crippen molar-refractivity contribution in [1.29, 1.82) is 0 Å². The second kappa shape index (κ2) is 7.30. The van der Waals surface area contributed by atoms with Gasteiger partial charge in [0, 0.05) is 26.5 Å². The molecule has 30 heavy (non-hydrogen) atoms. The molecule has 2 saturated carbocycles. The average molecular weight is 409 g/mol. The lowest BCUT2D eigenvalue weighted by Gasteiger charge is -2.38. The van der Waals surface area contributed by atoms with Gasteiger partial charge in [-0.25, -0.2) is 9.37 Å². The molecule has 4 atom stereocenters. The van der Waals surface area contributed by atoms with Crippen LogP contribution in [0.25, 0.3) is 22.6 Å². The number of nitrogens with one attached hydrogen (secondary N) is 1. The number of anilines is 1. The zero-order valence-corrected chi connectivity index (χ0v) is 17.0. The standard InChI is InChI=1S/C21H24FN7O/c1-28-11-14(9-24-28)20-23-10-15(21(30)25-20)16-5-6-18(27-26-16)29(2)17-8-12-3-4-13(7-12)19(17)22/h5-6,9-13,17,19H,3-4,7-8H2,1-2H3,(H,23,25,30)/t12-,13+,17+,19-/m1/s1. The molecule has 2 aliphatic carbocycles. The Bertz CT molecular complexity index is 1110. The normalized spacial score (nSPS) is 25.4. The summed E-state index contributed by atoms with van der Waals surface area (Å²) in [6.07, 6.45) is 8.07. The molecule has 2 aliphatic rings. The zero-order valence-electron chi connectivity index (χ0n) is 17.0. The number of hydrogen-bond acceptors (Lipinski definition) is 6. The lowest BCUT2D eigenvalue weighted by Crippen LogP contribution is -2.46. The quantitative estimate of drug-likeness (QED) is 0.712. The number of alkyl halides is 1. The third-order valence-electron chi connectivity index (χ3n) is 6.54. The molecule has 8 nitrogen and oxygen atoms in total. The molecule has 3 aromatic heterocycles. The number of aromatic nitrogens is 6. The number of hydrogen-bond donors (Lipinski definition) is 1. The molecular formula is C21H24FN7O. The smallest absolute Gasteiger partial charge is 0.260 e. The Hall–Kier alpha value is -3.10. The van der Waals surface area contributed by atoms with Gasteiger partial charge in [0.15, 0.2) is 5.82 Å². The molecule has 9 heteroatoms. The number of nitrogens with zero attached hydrogens (tertiary/aromatic N) is 6. The highest BCUT2D eigenvalue weighted by atomic mass is 19.1. The third kappa shape index (κ3) is 3.28. The van der Waals surface area contributed by atoms with Crippen LogP contribution in [-0.2, 0) is 7.05 Å². The second-order valence-electron chi connectivity index (χ2n) is 8.45. The largest absolute Gasteiger partial charge is 0.352 e. The Balaban J connectivity index is 1.36. The summed E-state index contributed by atoms with van der Waals surface area (Å²) in [5, 5.41) is 12.6. The number of H-pyrrole nitrogens is 1. The number of aryl methyl sites for hydroxylation is 1. The predicted octanol–water partition coefficient (Wildman–Crippen LogP) is 2.59. The van der Waals surface area contributed by atoms with Crippen LogP contribution in [-0.4, -0.2) is 49.2 Å². The van der Waals surface area contributed by atoms with Gasteiger partial charge in [-0.05, 0) is 49.7 Å². The molecule has 0 saturated heterocycles. The first-order chi connectivity index (χ1) is 14.5. The van der Waals surface area contributed by atoms with Crippen LogP contribution in [0.3, 0.4) is 0 Å². The number of rotatable bonds is 4. The van der Waals surface area contributed by atoms with Crippen LogP contribution < -0.4 is 10.5 Å². The molecule has 2 bridgehead atoms. The molecule has 156 valence electrons. The molecule has 0 radical (unpaired) electrons. The fourth-order valence-corrected chi connectivity index (χ4v) is 4.87. The summed E-state index contributed by atoms with van der Waals surface area (Å²) in [5.74, 6) is 1.85. The highest BCUT2D eigenvalue weighted by Crippen LogP contribution is 2.45. The van der Waals surface area contributed by atoms with Crippen LogP contribution in [0.5, 0.6) is 0 Å². The monoisotopic (exact) mass is 409 g/mol. The first-order valence-corrected chi connectivity index (χ1v) is 10.3. The minimum absolute atomic E-state index is 0.166. The van der Waals surface area contributed by atoms with Gasteiger partial charge < -0.3 is 9.88 Å². The van der Waals surface area contributed by atoms with E-state index < -0.39 is 6.17 Å². The van der Waals surface area contributed by atoms with Gasteiger partial charge in [-0.15, -0.1) is 10.2 Å². The average Bonchev–Trinajstić information content (AvgIpc) is 3.37. The lowest BCUT2D eigenvalue weighted by molar-refractivity contribution is 0.144. The van der Waals surface area contributed by atoms with Crippen LogP contribution in [0.1, 0.15) is 25.7 Å². The van der Waals surface area contributed by atoms with E-state index >= 15 is 0 Å². The SMILES string of the molecule is CN(c1ccc(-c2cnc(-c3cnn(C)c3)[nH]c2=O)nn1)[C@H]1C[C@@H]2CC[C@@H](C2)[C@H]1F. The van der Waals surface area contributed by atoms with Crippen molar-refractivity contribution in [1.82, 2.24) is 29.9 Å². The van der Waals surface area contributed by atoms with Gasteiger partial charge in [0.25, 0.3) is 5.56 Å². The predicted molar refractivity (Wildman–Crippen MR) is 111 cm³/mol. The first-order valence-electron chi connectivity index (χ1n) is 10.3. The molecule has 5 rings (SSSR count). The van der Waals surface area contributed by atoms with Crippen molar-refractivity contribution in [3.8, 4) is 22.6 Å². The van der Waals surface area contributed by atoms with Crippen molar-refractivity contribution in [3.63, 3.8) is 0 Å². The van der Waals surface area contributed by atoms with E-state index in [4.69, 9.17) is 0 Å². The van der Waals surface area contributed by atoms with Crippen molar-refractivity contribution in [2.75, 3.05) is 11.9 Å². The molecule has 0 spiro atoms. The van der Waals surface area contributed by atoms with E-state index in [1.54, 1.807) is 36.3 Å². The molecule has 3 aromatic rings. The van der Waals surface area contributed by atoms with E-state index in [1.807, 2.05) is 11.9 Å². The Morgan fingerprint density at radius 2 is 2.07 bits per heavy atom. The Kier molecular flexibility index (Phi) is 4.60. The summed E-state index contributed by atoms with van der Waals surface area (Å²) < 4.78 is 16.5. The summed E-state index contributed by atoms with van der Waals surface area (Å²) in [5.41, 5.74) is 1.20. The maximum Gasteiger partial charge on any atom is 0.260 e. The second-order valence-corrected chi connectivity index (χ2v) is 8.45. The van der Waals surface area contributed by atoms with Crippen LogP contribution in [0.4, 0.5) is 10.2 Å². The minimum atomic E-state index is -0.831. The van der Waals surface area contributed by atoms with Gasteiger partial charge in [-0.2, -0.15) is 5.10 Å². The molecule has 1 N–H and O–H groups in total. The minimum Gasteiger partial charge on any atom is -0.352 e. The van der Waals surface area contributed by atoms with Gasteiger partial charge in [0.05, 0.1) is 23.4 Å². The first kappa shape index (κ1) is 18.9. The van der Waals surface area contributed by atoms with Crippen molar-refractivity contribution in [2.24, 2.45) is 18.9 Å². The van der Waals surface area contributed by atoms with Gasteiger partial charge in [-0.1, -0.05) is 0 Å². The summed E-state index contributed by atoms with van der Waals surface area (Å²) in [6.45, 7) is 0. The van der Waals surface area contributed by atoms with Crippen molar-refractivity contribution in [3.05, 3.63) is 41.1 Å². The number of fused-ring (bicyclic) bond motifs is 2. The Labute approximate surface area is 173 Å². The number of halogens is 1. The molecule has 0 aliphatic heterocycles. The number of aromatic amines is 1. The van der Waals surface area contributed by atoms with Crippen molar-refractivity contribution in [2.45, 2.75) is 37.9 Å². The molecule has 2 fully saturated rings.